The number of hydrogen-bond acceptors (Lipinski definition) is 4. The van der Waals surface area contributed by atoms with Gasteiger partial charge in [0.15, 0.2) is 11.5 Å². The number of amides is 1. The summed E-state index contributed by atoms with van der Waals surface area (Å²) < 4.78 is 11.5. The Morgan fingerprint density at radius 2 is 1.79 bits per heavy atom. The molecule has 5 heteroatoms. The lowest BCUT2D eigenvalue weighted by Crippen LogP contribution is -2.11. The van der Waals surface area contributed by atoms with Gasteiger partial charge in [-0.3, -0.25) is 4.79 Å². The van der Waals surface area contributed by atoms with Crippen molar-refractivity contribution >= 4 is 23.4 Å². The van der Waals surface area contributed by atoms with Gasteiger partial charge in [0.2, 0.25) is 5.91 Å². The second kappa shape index (κ2) is 9.31. The maximum atomic E-state index is 12.2. The molecule has 2 aromatic rings. The molecular weight excluding hydrogens is 352 g/mol. The Bertz CT molecular complexity index is 822. The zero-order valence-corrected chi connectivity index (χ0v) is 16.8. The molecule has 1 aliphatic rings. The molecule has 5 nitrogen and oxygen atoms in total. The van der Waals surface area contributed by atoms with Crippen LogP contribution < -0.4 is 19.7 Å². The molecule has 0 aliphatic heterocycles. The number of carbonyl (C=O) groups excluding carboxylic acids is 1. The second-order valence-corrected chi connectivity index (χ2v) is 7.20. The molecule has 1 aliphatic carbocycles. The number of anilines is 2. The highest BCUT2D eigenvalue weighted by Crippen LogP contribution is 2.32. The molecule has 0 aromatic heterocycles. The molecule has 148 valence electrons. The number of ether oxygens (including phenoxy) is 2. The highest BCUT2D eigenvalue weighted by Gasteiger charge is 2.18. The van der Waals surface area contributed by atoms with Gasteiger partial charge in [-0.05, 0) is 73.7 Å². The molecule has 2 aromatic carbocycles. The lowest BCUT2D eigenvalue weighted by Gasteiger charge is -2.16. The van der Waals surface area contributed by atoms with Crippen molar-refractivity contribution in [1.82, 2.24) is 0 Å². The summed E-state index contributed by atoms with van der Waals surface area (Å²) in [5.74, 6) is 1.27. The highest BCUT2D eigenvalue weighted by atomic mass is 16.5. The summed E-state index contributed by atoms with van der Waals surface area (Å²) in [6.07, 6.45) is 8.21. The lowest BCUT2D eigenvalue weighted by atomic mass is 10.1. The second-order valence-electron chi connectivity index (χ2n) is 7.20. The van der Waals surface area contributed by atoms with E-state index in [0.29, 0.717) is 5.75 Å². The van der Waals surface area contributed by atoms with Crippen LogP contribution >= 0.6 is 0 Å². The van der Waals surface area contributed by atoms with Crippen LogP contribution in [0.5, 0.6) is 11.5 Å². The van der Waals surface area contributed by atoms with Crippen molar-refractivity contribution in [3.8, 4) is 11.5 Å². The molecule has 0 heterocycles. The van der Waals surface area contributed by atoms with E-state index in [2.05, 4.69) is 5.32 Å². The minimum Gasteiger partial charge on any atom is -0.493 e. The van der Waals surface area contributed by atoms with Crippen molar-refractivity contribution in [3.63, 3.8) is 0 Å². The molecule has 0 spiro atoms. The summed E-state index contributed by atoms with van der Waals surface area (Å²) in [6.45, 7) is 0. The van der Waals surface area contributed by atoms with Crippen molar-refractivity contribution in [1.29, 1.82) is 0 Å². The van der Waals surface area contributed by atoms with Gasteiger partial charge >= 0.3 is 0 Å². The molecule has 0 atom stereocenters. The molecule has 0 unspecified atom stereocenters. The third-order valence-electron chi connectivity index (χ3n) is 4.86. The van der Waals surface area contributed by atoms with Crippen LogP contribution in [0.2, 0.25) is 0 Å². The summed E-state index contributed by atoms with van der Waals surface area (Å²) in [4.78, 5) is 14.2. The summed E-state index contributed by atoms with van der Waals surface area (Å²) in [6, 6.07) is 13.4. The van der Waals surface area contributed by atoms with E-state index < -0.39 is 0 Å². The number of nitrogens with zero attached hydrogens (tertiary/aromatic N) is 1. The number of nitrogens with one attached hydrogen (secondary N) is 1. The first kappa shape index (κ1) is 19.8. The predicted molar refractivity (Wildman–Crippen MR) is 114 cm³/mol. The summed E-state index contributed by atoms with van der Waals surface area (Å²) in [5.41, 5.74) is 2.73. The summed E-state index contributed by atoms with van der Waals surface area (Å²) in [7, 11) is 5.60. The number of carbonyl (C=O) groups is 1. The average molecular weight is 380 g/mol. The van der Waals surface area contributed by atoms with Gasteiger partial charge in [-0.1, -0.05) is 6.07 Å². The minimum atomic E-state index is -0.178. The highest BCUT2D eigenvalue weighted by molar-refractivity contribution is 6.02. The quantitative estimate of drug-likeness (QED) is 0.705. The van der Waals surface area contributed by atoms with Gasteiger partial charge < -0.3 is 19.7 Å². The SMILES string of the molecule is COc1cc(/C=C/C(=O)Nc2ccc(N(C)C)cc2)ccc1OC1CCCC1. The maximum absolute atomic E-state index is 12.2. The van der Waals surface area contributed by atoms with Crippen LogP contribution in [-0.4, -0.2) is 33.2 Å². The Balaban J connectivity index is 1.61. The van der Waals surface area contributed by atoms with Crippen molar-refractivity contribution in [2.24, 2.45) is 0 Å². The lowest BCUT2D eigenvalue weighted by molar-refractivity contribution is -0.111. The van der Waals surface area contributed by atoms with Crippen molar-refractivity contribution in [3.05, 3.63) is 54.1 Å². The number of benzene rings is 2. The smallest absolute Gasteiger partial charge is 0.248 e. The van der Waals surface area contributed by atoms with Gasteiger partial charge in [-0.25, -0.2) is 0 Å². The van der Waals surface area contributed by atoms with Crippen LogP contribution in [0.25, 0.3) is 6.08 Å². The molecule has 1 amide bonds. The molecule has 1 saturated carbocycles. The minimum absolute atomic E-state index is 0.178. The number of hydrogen-bond donors (Lipinski definition) is 1. The first-order valence-corrected chi connectivity index (χ1v) is 9.66. The maximum Gasteiger partial charge on any atom is 0.248 e. The van der Waals surface area contributed by atoms with E-state index in [-0.39, 0.29) is 12.0 Å². The third kappa shape index (κ3) is 5.28. The molecule has 1 N–H and O–H groups in total. The zero-order chi connectivity index (χ0) is 19.9. The molecule has 28 heavy (non-hydrogen) atoms. The Labute approximate surface area is 167 Å². The van der Waals surface area contributed by atoms with Gasteiger partial charge in [0, 0.05) is 31.5 Å². The topological polar surface area (TPSA) is 50.8 Å². The monoisotopic (exact) mass is 380 g/mol. The first-order valence-electron chi connectivity index (χ1n) is 9.66. The normalized spacial score (nSPS) is 14.2. The van der Waals surface area contributed by atoms with E-state index in [0.717, 1.165) is 35.5 Å². The molecule has 0 radical (unpaired) electrons. The van der Waals surface area contributed by atoms with Crippen LogP contribution in [0.4, 0.5) is 11.4 Å². The fourth-order valence-corrected chi connectivity index (χ4v) is 3.27. The van der Waals surface area contributed by atoms with E-state index in [1.54, 1.807) is 13.2 Å². The summed E-state index contributed by atoms with van der Waals surface area (Å²) >= 11 is 0. The predicted octanol–water partition coefficient (Wildman–Crippen LogP) is 4.73. The van der Waals surface area contributed by atoms with Gasteiger partial charge in [-0.2, -0.15) is 0 Å². The van der Waals surface area contributed by atoms with Gasteiger partial charge in [0.1, 0.15) is 0 Å². The van der Waals surface area contributed by atoms with Crippen molar-refractivity contribution < 1.29 is 14.3 Å². The Hall–Kier alpha value is -2.95. The number of methoxy groups -OCH3 is 1. The standard InChI is InChI=1S/C23H28N2O3/c1-25(2)19-12-10-18(11-13-19)24-23(26)15-9-17-8-14-21(22(16-17)27-3)28-20-6-4-5-7-20/h8-16,20H,4-7H2,1-3H3,(H,24,26)/b15-9+. The largest absolute Gasteiger partial charge is 0.493 e. The van der Waals surface area contributed by atoms with E-state index >= 15 is 0 Å². The van der Waals surface area contributed by atoms with Gasteiger partial charge in [0.05, 0.1) is 13.2 Å². The fourth-order valence-electron chi connectivity index (χ4n) is 3.27. The molecule has 3 rings (SSSR count). The van der Waals surface area contributed by atoms with E-state index in [4.69, 9.17) is 9.47 Å². The molecular formula is C23H28N2O3. The van der Waals surface area contributed by atoms with Crippen LogP contribution in [0, 0.1) is 0 Å². The van der Waals surface area contributed by atoms with E-state index in [9.17, 15) is 4.79 Å². The van der Waals surface area contributed by atoms with Gasteiger partial charge in [-0.15, -0.1) is 0 Å². The van der Waals surface area contributed by atoms with E-state index in [1.165, 1.54) is 18.9 Å². The Morgan fingerprint density at radius 3 is 2.43 bits per heavy atom. The third-order valence-corrected chi connectivity index (χ3v) is 4.86. The van der Waals surface area contributed by atoms with Gasteiger partial charge in [0.25, 0.3) is 0 Å². The van der Waals surface area contributed by atoms with Crippen molar-refractivity contribution in [2.75, 3.05) is 31.4 Å². The average Bonchev–Trinajstić information content (AvgIpc) is 3.20. The van der Waals surface area contributed by atoms with Crippen LogP contribution in [0.3, 0.4) is 0 Å². The van der Waals surface area contributed by atoms with Crippen LogP contribution in [-0.2, 0) is 4.79 Å². The summed E-state index contributed by atoms with van der Waals surface area (Å²) in [5, 5.41) is 2.87. The Kier molecular flexibility index (Phi) is 6.58. The van der Waals surface area contributed by atoms with Crippen LogP contribution in [0.15, 0.2) is 48.5 Å². The molecule has 0 bridgehead atoms. The number of rotatable bonds is 7. The van der Waals surface area contributed by atoms with Crippen molar-refractivity contribution in [2.45, 2.75) is 31.8 Å². The zero-order valence-electron chi connectivity index (χ0n) is 16.8. The Morgan fingerprint density at radius 1 is 1.07 bits per heavy atom. The first-order chi connectivity index (χ1) is 13.5. The van der Waals surface area contributed by atoms with E-state index in [1.807, 2.05) is 61.5 Å². The fraction of sp³-hybridized carbons (Fsp3) is 0.348. The van der Waals surface area contributed by atoms with Crippen LogP contribution in [0.1, 0.15) is 31.2 Å². The molecule has 0 saturated heterocycles. The molecule has 1 fully saturated rings.